The minimum atomic E-state index is -0.0116. The van der Waals surface area contributed by atoms with E-state index in [1.165, 1.54) is 0 Å². The first-order valence-corrected chi connectivity index (χ1v) is 3.16. The molecule has 1 aliphatic heterocycles. The van der Waals surface area contributed by atoms with Gasteiger partial charge in [-0.3, -0.25) is 0 Å². The van der Waals surface area contributed by atoms with E-state index in [2.05, 4.69) is 6.58 Å². The summed E-state index contributed by atoms with van der Waals surface area (Å²) in [6, 6.07) is 0. The second-order valence-corrected chi connectivity index (χ2v) is 2.33. The monoisotopic (exact) mass is 128 g/mol. The van der Waals surface area contributed by atoms with Crippen molar-refractivity contribution in [2.45, 2.75) is 19.6 Å². The lowest BCUT2D eigenvalue weighted by molar-refractivity contribution is -0.0398. The van der Waals surface area contributed by atoms with E-state index in [1.54, 1.807) is 0 Å². The van der Waals surface area contributed by atoms with Crippen LogP contribution in [0.25, 0.3) is 0 Å². The van der Waals surface area contributed by atoms with E-state index >= 15 is 0 Å². The summed E-state index contributed by atoms with van der Waals surface area (Å²) >= 11 is 0. The third-order valence-electron chi connectivity index (χ3n) is 1.21. The molecule has 0 spiro atoms. The molecule has 9 heavy (non-hydrogen) atoms. The van der Waals surface area contributed by atoms with E-state index < -0.39 is 0 Å². The predicted molar refractivity (Wildman–Crippen MR) is 35.1 cm³/mol. The fraction of sp³-hybridized carbons (Fsp3) is 0.714. The first-order chi connectivity index (χ1) is 4.29. The molecule has 1 saturated heterocycles. The van der Waals surface area contributed by atoms with Crippen molar-refractivity contribution in [3.05, 3.63) is 12.2 Å². The summed E-state index contributed by atoms with van der Waals surface area (Å²) in [5.41, 5.74) is 1.11. The Morgan fingerprint density at radius 3 is 2.56 bits per heavy atom. The molecule has 1 aliphatic rings. The predicted octanol–water partition coefficient (Wildman–Crippen LogP) is 1.33. The van der Waals surface area contributed by atoms with Crippen molar-refractivity contribution >= 4 is 0 Å². The van der Waals surface area contributed by atoms with E-state index in [0.29, 0.717) is 0 Å². The smallest absolute Gasteiger partial charge is 0.161 e. The molecule has 0 aromatic heterocycles. The lowest BCUT2D eigenvalue weighted by Gasteiger charge is -2.06. The SMILES string of the molecule is C=C(C)CC1OCCO1. The summed E-state index contributed by atoms with van der Waals surface area (Å²) in [7, 11) is 0. The Morgan fingerprint density at radius 2 is 2.11 bits per heavy atom. The van der Waals surface area contributed by atoms with Crippen LogP contribution < -0.4 is 0 Å². The van der Waals surface area contributed by atoms with Crippen molar-refractivity contribution in [1.29, 1.82) is 0 Å². The van der Waals surface area contributed by atoms with Crippen LogP contribution in [0.1, 0.15) is 13.3 Å². The van der Waals surface area contributed by atoms with Crippen LogP contribution in [0.4, 0.5) is 0 Å². The van der Waals surface area contributed by atoms with E-state index in [9.17, 15) is 0 Å². The van der Waals surface area contributed by atoms with Crippen molar-refractivity contribution in [1.82, 2.24) is 0 Å². The number of rotatable bonds is 2. The molecule has 0 N–H and O–H groups in total. The van der Waals surface area contributed by atoms with Gasteiger partial charge in [-0.05, 0) is 6.92 Å². The van der Waals surface area contributed by atoms with Crippen LogP contribution in [-0.4, -0.2) is 19.5 Å². The van der Waals surface area contributed by atoms with E-state index in [1.807, 2.05) is 6.92 Å². The topological polar surface area (TPSA) is 18.5 Å². The van der Waals surface area contributed by atoms with Gasteiger partial charge < -0.3 is 9.47 Å². The second kappa shape index (κ2) is 2.99. The zero-order chi connectivity index (χ0) is 6.69. The number of hydrogen-bond donors (Lipinski definition) is 0. The van der Waals surface area contributed by atoms with Crippen molar-refractivity contribution in [3.63, 3.8) is 0 Å². The molecule has 2 heteroatoms. The molecule has 0 unspecified atom stereocenters. The Bertz CT molecular complexity index is 103. The zero-order valence-electron chi connectivity index (χ0n) is 5.72. The highest BCUT2D eigenvalue weighted by Gasteiger charge is 2.14. The Hall–Kier alpha value is -0.340. The second-order valence-electron chi connectivity index (χ2n) is 2.33. The van der Waals surface area contributed by atoms with E-state index in [-0.39, 0.29) is 6.29 Å². The van der Waals surface area contributed by atoms with Crippen LogP contribution in [0.3, 0.4) is 0 Å². The average molecular weight is 128 g/mol. The van der Waals surface area contributed by atoms with Crippen LogP contribution in [-0.2, 0) is 9.47 Å². The summed E-state index contributed by atoms with van der Waals surface area (Å²) in [4.78, 5) is 0. The highest BCUT2D eigenvalue weighted by molar-refractivity contribution is 4.89. The van der Waals surface area contributed by atoms with Crippen molar-refractivity contribution in [3.8, 4) is 0 Å². The molecule has 0 bridgehead atoms. The third-order valence-corrected chi connectivity index (χ3v) is 1.21. The van der Waals surface area contributed by atoms with Gasteiger partial charge in [0.1, 0.15) is 0 Å². The van der Waals surface area contributed by atoms with Gasteiger partial charge in [0.05, 0.1) is 13.2 Å². The van der Waals surface area contributed by atoms with Gasteiger partial charge in [-0.15, -0.1) is 0 Å². The molecule has 1 fully saturated rings. The molecule has 0 atom stereocenters. The largest absolute Gasteiger partial charge is 0.350 e. The van der Waals surface area contributed by atoms with Gasteiger partial charge >= 0.3 is 0 Å². The maximum atomic E-state index is 5.18. The fourth-order valence-corrected chi connectivity index (χ4v) is 0.810. The third kappa shape index (κ3) is 2.16. The van der Waals surface area contributed by atoms with Crippen LogP contribution in [0, 0.1) is 0 Å². The lowest BCUT2D eigenvalue weighted by atomic mass is 10.2. The molecule has 0 aromatic rings. The molecule has 2 nitrogen and oxygen atoms in total. The molecule has 1 heterocycles. The summed E-state index contributed by atoms with van der Waals surface area (Å²) in [5.74, 6) is 0. The van der Waals surface area contributed by atoms with Crippen LogP contribution in [0.5, 0.6) is 0 Å². The van der Waals surface area contributed by atoms with Gasteiger partial charge in [0.25, 0.3) is 0 Å². The summed E-state index contributed by atoms with van der Waals surface area (Å²) in [6.45, 7) is 7.20. The maximum absolute atomic E-state index is 5.18. The molecule has 0 amide bonds. The van der Waals surface area contributed by atoms with Gasteiger partial charge in [-0.1, -0.05) is 12.2 Å². The Kier molecular flexibility index (Phi) is 2.25. The Labute approximate surface area is 55.5 Å². The summed E-state index contributed by atoms with van der Waals surface area (Å²) in [5, 5.41) is 0. The lowest BCUT2D eigenvalue weighted by Crippen LogP contribution is -2.06. The highest BCUT2D eigenvalue weighted by atomic mass is 16.7. The van der Waals surface area contributed by atoms with Gasteiger partial charge in [0.2, 0.25) is 0 Å². The molecular formula is C7H12O2. The number of ether oxygens (including phenoxy) is 2. The molecule has 0 radical (unpaired) electrons. The van der Waals surface area contributed by atoms with E-state index in [4.69, 9.17) is 9.47 Å². The Morgan fingerprint density at radius 1 is 1.56 bits per heavy atom. The minimum absolute atomic E-state index is 0.0116. The molecule has 52 valence electrons. The van der Waals surface area contributed by atoms with E-state index in [0.717, 1.165) is 25.2 Å². The van der Waals surface area contributed by atoms with Gasteiger partial charge in [0.15, 0.2) is 6.29 Å². The Balaban J connectivity index is 2.19. The van der Waals surface area contributed by atoms with Crippen LogP contribution >= 0.6 is 0 Å². The minimum Gasteiger partial charge on any atom is -0.350 e. The van der Waals surface area contributed by atoms with Crippen molar-refractivity contribution in [2.24, 2.45) is 0 Å². The highest BCUT2D eigenvalue weighted by Crippen LogP contribution is 2.11. The molecule has 0 aliphatic carbocycles. The molecule has 0 aromatic carbocycles. The van der Waals surface area contributed by atoms with Gasteiger partial charge in [-0.2, -0.15) is 0 Å². The van der Waals surface area contributed by atoms with Crippen LogP contribution in [0.2, 0.25) is 0 Å². The number of hydrogen-bond acceptors (Lipinski definition) is 2. The standard InChI is InChI=1S/C7H12O2/c1-6(2)5-7-8-3-4-9-7/h7H,1,3-5H2,2H3. The van der Waals surface area contributed by atoms with Gasteiger partial charge in [0, 0.05) is 6.42 Å². The van der Waals surface area contributed by atoms with Crippen molar-refractivity contribution < 1.29 is 9.47 Å². The summed E-state index contributed by atoms with van der Waals surface area (Å²) < 4.78 is 10.4. The fourth-order valence-electron chi connectivity index (χ4n) is 0.810. The first-order valence-electron chi connectivity index (χ1n) is 3.16. The normalized spacial score (nSPS) is 20.6. The molecular weight excluding hydrogens is 116 g/mol. The quantitative estimate of drug-likeness (QED) is 0.522. The molecule has 1 rings (SSSR count). The summed E-state index contributed by atoms with van der Waals surface area (Å²) in [6.07, 6.45) is 0.822. The zero-order valence-corrected chi connectivity index (χ0v) is 5.72. The van der Waals surface area contributed by atoms with Crippen molar-refractivity contribution in [2.75, 3.05) is 13.2 Å². The maximum Gasteiger partial charge on any atom is 0.161 e. The van der Waals surface area contributed by atoms with Gasteiger partial charge in [-0.25, -0.2) is 0 Å². The van der Waals surface area contributed by atoms with Crippen LogP contribution in [0.15, 0.2) is 12.2 Å². The average Bonchev–Trinajstić information content (AvgIpc) is 2.15. The molecule has 0 saturated carbocycles. The first kappa shape index (κ1) is 6.78.